The number of nitrogens with two attached hydrogens (primary N) is 1. The van der Waals surface area contributed by atoms with E-state index in [1.54, 1.807) is 13.8 Å². The third kappa shape index (κ3) is 3.89. The van der Waals surface area contributed by atoms with Crippen molar-refractivity contribution in [1.82, 2.24) is 0 Å². The summed E-state index contributed by atoms with van der Waals surface area (Å²) < 4.78 is 39.7. The number of alkyl halides is 3. The third-order valence-electron chi connectivity index (χ3n) is 2.72. The maximum Gasteiger partial charge on any atom is 0.573 e. The number of aliphatic hydroxyl groups excluding tert-OH is 1. The molecule has 0 fully saturated rings. The van der Waals surface area contributed by atoms with Gasteiger partial charge in [-0.2, -0.15) is 0 Å². The zero-order valence-electron chi connectivity index (χ0n) is 10.2. The van der Waals surface area contributed by atoms with Gasteiger partial charge >= 0.3 is 6.36 Å². The Balaban J connectivity index is 2.83. The molecular formula is C12H16F3NO2. The van der Waals surface area contributed by atoms with E-state index in [9.17, 15) is 18.3 Å². The van der Waals surface area contributed by atoms with Gasteiger partial charge in [-0.1, -0.05) is 26.0 Å². The van der Waals surface area contributed by atoms with Crippen molar-refractivity contribution in [2.24, 2.45) is 11.1 Å². The van der Waals surface area contributed by atoms with Gasteiger partial charge in [-0.05, 0) is 17.7 Å². The second kappa shape index (κ2) is 5.16. The highest BCUT2D eigenvalue weighted by atomic mass is 19.4. The lowest BCUT2D eigenvalue weighted by Gasteiger charge is -2.29. The quantitative estimate of drug-likeness (QED) is 0.878. The van der Waals surface area contributed by atoms with Crippen LogP contribution in [0.2, 0.25) is 0 Å². The van der Waals surface area contributed by atoms with Crippen LogP contribution in [0.3, 0.4) is 0 Å². The van der Waals surface area contributed by atoms with Gasteiger partial charge in [0.2, 0.25) is 0 Å². The third-order valence-corrected chi connectivity index (χ3v) is 2.72. The van der Waals surface area contributed by atoms with E-state index in [1.807, 2.05) is 0 Å². The first-order chi connectivity index (χ1) is 8.15. The molecule has 0 heterocycles. The molecule has 0 saturated heterocycles. The number of hydrogen-bond acceptors (Lipinski definition) is 3. The topological polar surface area (TPSA) is 55.5 Å². The Morgan fingerprint density at radius 3 is 2.11 bits per heavy atom. The molecule has 1 aromatic carbocycles. The molecule has 3 nitrogen and oxygen atoms in total. The van der Waals surface area contributed by atoms with Crippen LogP contribution in [-0.4, -0.2) is 18.1 Å². The zero-order valence-corrected chi connectivity index (χ0v) is 10.2. The van der Waals surface area contributed by atoms with Crippen molar-refractivity contribution in [2.45, 2.75) is 26.3 Å². The van der Waals surface area contributed by atoms with E-state index in [2.05, 4.69) is 4.74 Å². The molecule has 0 unspecified atom stereocenters. The van der Waals surface area contributed by atoms with Crippen molar-refractivity contribution < 1.29 is 23.0 Å². The molecular weight excluding hydrogens is 247 g/mol. The standard InChI is InChI=1S/C12H16F3NO2/c1-11(2,7-17)10(16)8-3-5-9(6-4-8)18-12(13,14)15/h3-6,10,17H,7,16H2,1-2H3/t10-/m1/s1. The van der Waals surface area contributed by atoms with Gasteiger partial charge < -0.3 is 15.6 Å². The number of ether oxygens (including phenoxy) is 1. The van der Waals surface area contributed by atoms with E-state index < -0.39 is 17.8 Å². The van der Waals surface area contributed by atoms with Crippen LogP contribution in [0, 0.1) is 5.41 Å². The number of aliphatic hydroxyl groups is 1. The molecule has 0 spiro atoms. The maximum atomic E-state index is 12.0. The molecule has 1 atom stereocenters. The molecule has 1 aromatic rings. The minimum Gasteiger partial charge on any atom is -0.406 e. The Hall–Kier alpha value is -1.27. The Labute approximate surface area is 103 Å². The van der Waals surface area contributed by atoms with Crippen LogP contribution in [0.15, 0.2) is 24.3 Å². The number of hydrogen-bond donors (Lipinski definition) is 2. The van der Waals surface area contributed by atoms with E-state index in [4.69, 9.17) is 5.73 Å². The van der Waals surface area contributed by atoms with Crippen LogP contribution >= 0.6 is 0 Å². The Bertz CT molecular complexity index is 387. The molecule has 18 heavy (non-hydrogen) atoms. The van der Waals surface area contributed by atoms with Crippen molar-refractivity contribution in [1.29, 1.82) is 0 Å². The lowest BCUT2D eigenvalue weighted by atomic mass is 9.82. The van der Waals surface area contributed by atoms with Crippen molar-refractivity contribution >= 4 is 0 Å². The van der Waals surface area contributed by atoms with Crippen LogP contribution in [0.25, 0.3) is 0 Å². The van der Waals surface area contributed by atoms with Crippen molar-refractivity contribution in [3.05, 3.63) is 29.8 Å². The lowest BCUT2D eigenvalue weighted by Crippen LogP contribution is -2.32. The van der Waals surface area contributed by atoms with Gasteiger partial charge in [-0.25, -0.2) is 0 Å². The fourth-order valence-corrected chi connectivity index (χ4v) is 1.43. The highest BCUT2D eigenvalue weighted by Gasteiger charge is 2.31. The molecule has 102 valence electrons. The number of halogens is 3. The summed E-state index contributed by atoms with van der Waals surface area (Å²) in [7, 11) is 0. The van der Waals surface area contributed by atoms with Gasteiger partial charge in [0, 0.05) is 18.1 Å². The van der Waals surface area contributed by atoms with Gasteiger partial charge in [-0.15, -0.1) is 13.2 Å². The lowest BCUT2D eigenvalue weighted by molar-refractivity contribution is -0.274. The first-order valence-corrected chi connectivity index (χ1v) is 5.38. The van der Waals surface area contributed by atoms with Crippen molar-refractivity contribution in [3.63, 3.8) is 0 Å². The van der Waals surface area contributed by atoms with E-state index in [0.29, 0.717) is 5.56 Å². The van der Waals surface area contributed by atoms with Crippen LogP contribution in [0.5, 0.6) is 5.75 Å². The monoisotopic (exact) mass is 263 g/mol. The Kier molecular flexibility index (Phi) is 4.24. The van der Waals surface area contributed by atoms with Gasteiger partial charge in [0.1, 0.15) is 5.75 Å². The first-order valence-electron chi connectivity index (χ1n) is 5.38. The summed E-state index contributed by atoms with van der Waals surface area (Å²) >= 11 is 0. The molecule has 0 aliphatic rings. The normalized spacial score (nSPS) is 14.4. The van der Waals surface area contributed by atoms with Crippen molar-refractivity contribution in [3.8, 4) is 5.75 Å². The highest BCUT2D eigenvalue weighted by Crippen LogP contribution is 2.32. The van der Waals surface area contributed by atoms with Gasteiger partial charge in [-0.3, -0.25) is 0 Å². The van der Waals surface area contributed by atoms with Gasteiger partial charge in [0.25, 0.3) is 0 Å². The van der Waals surface area contributed by atoms with Gasteiger partial charge in [0.05, 0.1) is 0 Å². The minimum absolute atomic E-state index is 0.116. The average Bonchev–Trinajstić information content (AvgIpc) is 2.27. The molecule has 0 aliphatic carbocycles. The SMILES string of the molecule is CC(C)(CO)[C@H](N)c1ccc(OC(F)(F)F)cc1. The number of benzene rings is 1. The Morgan fingerprint density at radius 2 is 1.72 bits per heavy atom. The largest absolute Gasteiger partial charge is 0.573 e. The molecule has 1 rings (SSSR count). The van der Waals surface area contributed by atoms with E-state index >= 15 is 0 Å². The zero-order chi connectivity index (χ0) is 14.0. The molecule has 0 aromatic heterocycles. The molecule has 0 radical (unpaired) electrons. The van der Waals surface area contributed by atoms with Crippen LogP contribution in [-0.2, 0) is 0 Å². The predicted molar refractivity (Wildman–Crippen MR) is 60.9 cm³/mol. The second-order valence-electron chi connectivity index (χ2n) is 4.74. The molecule has 0 aliphatic heterocycles. The minimum atomic E-state index is -4.70. The first kappa shape index (κ1) is 14.8. The summed E-state index contributed by atoms with van der Waals surface area (Å²) in [5, 5.41) is 9.18. The summed E-state index contributed by atoms with van der Waals surface area (Å²) in [6, 6.07) is 4.86. The molecule has 3 N–H and O–H groups in total. The summed E-state index contributed by atoms with van der Waals surface area (Å²) in [6.45, 7) is 3.44. The summed E-state index contributed by atoms with van der Waals surface area (Å²) in [4.78, 5) is 0. The molecule has 0 amide bonds. The van der Waals surface area contributed by atoms with E-state index in [1.165, 1.54) is 24.3 Å². The summed E-state index contributed by atoms with van der Waals surface area (Å²) in [6.07, 6.45) is -4.70. The van der Waals surface area contributed by atoms with Crippen molar-refractivity contribution in [2.75, 3.05) is 6.61 Å². The smallest absolute Gasteiger partial charge is 0.406 e. The Morgan fingerprint density at radius 1 is 1.22 bits per heavy atom. The van der Waals surface area contributed by atoms with Gasteiger partial charge in [0.15, 0.2) is 0 Å². The molecule has 0 bridgehead atoms. The molecule has 6 heteroatoms. The second-order valence-corrected chi connectivity index (χ2v) is 4.74. The van der Waals surface area contributed by atoms with E-state index in [0.717, 1.165) is 0 Å². The van der Waals surface area contributed by atoms with Crippen LogP contribution < -0.4 is 10.5 Å². The highest BCUT2D eigenvalue weighted by molar-refractivity contribution is 5.30. The fourth-order valence-electron chi connectivity index (χ4n) is 1.43. The van der Waals surface area contributed by atoms with Crippen LogP contribution in [0.4, 0.5) is 13.2 Å². The van der Waals surface area contributed by atoms with E-state index in [-0.39, 0.29) is 12.4 Å². The summed E-state index contributed by atoms with van der Waals surface area (Å²) in [5.74, 6) is -0.291. The predicted octanol–water partition coefficient (Wildman–Crippen LogP) is 2.60. The number of rotatable bonds is 4. The fraction of sp³-hybridized carbons (Fsp3) is 0.500. The average molecular weight is 263 g/mol. The molecule has 0 saturated carbocycles. The summed E-state index contributed by atoms with van der Waals surface area (Å²) in [5.41, 5.74) is 6.03. The maximum absolute atomic E-state index is 12.0. The van der Waals surface area contributed by atoms with Crippen LogP contribution in [0.1, 0.15) is 25.5 Å².